The Hall–Kier alpha value is -3.22. The van der Waals surface area contributed by atoms with Gasteiger partial charge in [-0.05, 0) is 36.6 Å². The van der Waals surface area contributed by atoms with Crippen LogP contribution in [0.1, 0.15) is 40.9 Å². The quantitative estimate of drug-likeness (QED) is 0.379. The molecule has 1 aromatic heterocycles. The molecule has 1 atom stereocenters. The molecule has 1 aliphatic heterocycles. The molecule has 0 spiro atoms. The number of amides is 1. The lowest BCUT2D eigenvalue weighted by Crippen LogP contribution is -2.32. The standard InChI is InChI=1S/C23H22N2O4/c26-21(25-29-22-7-3-4-14-28-22)13-10-16-8-11-17(12-9-16)23(27)20-15-18-5-1-2-6-19(18)24-20/h1-2,5-6,8-13,15,22,24H,3-4,7,14H2,(H,25,26)/b13-10+. The van der Waals surface area contributed by atoms with Crippen LogP contribution in [-0.4, -0.2) is 29.6 Å². The van der Waals surface area contributed by atoms with Gasteiger partial charge in [0.15, 0.2) is 6.29 Å². The normalized spacial score (nSPS) is 16.9. The van der Waals surface area contributed by atoms with E-state index < -0.39 is 0 Å². The molecular weight excluding hydrogens is 368 g/mol. The monoisotopic (exact) mass is 390 g/mol. The number of carbonyl (C=O) groups is 2. The second kappa shape index (κ2) is 8.86. The summed E-state index contributed by atoms with van der Waals surface area (Å²) in [5.41, 5.74) is 5.25. The highest BCUT2D eigenvalue weighted by Crippen LogP contribution is 2.18. The van der Waals surface area contributed by atoms with Gasteiger partial charge in [0.1, 0.15) is 0 Å². The molecule has 0 aliphatic carbocycles. The molecule has 2 heterocycles. The molecule has 1 aliphatic rings. The zero-order valence-electron chi connectivity index (χ0n) is 15.9. The van der Waals surface area contributed by atoms with Crippen LogP contribution in [0.3, 0.4) is 0 Å². The molecule has 1 amide bonds. The van der Waals surface area contributed by atoms with Crippen molar-refractivity contribution in [2.75, 3.05) is 6.61 Å². The van der Waals surface area contributed by atoms with E-state index in [1.807, 2.05) is 30.3 Å². The molecule has 0 bridgehead atoms. The lowest BCUT2D eigenvalue weighted by Gasteiger charge is -2.21. The minimum absolute atomic E-state index is 0.0737. The van der Waals surface area contributed by atoms with Gasteiger partial charge in [0.2, 0.25) is 5.78 Å². The molecule has 148 valence electrons. The van der Waals surface area contributed by atoms with Gasteiger partial charge in [-0.3, -0.25) is 9.59 Å². The molecule has 1 saturated heterocycles. The van der Waals surface area contributed by atoms with Crippen LogP contribution in [-0.2, 0) is 14.4 Å². The van der Waals surface area contributed by atoms with E-state index in [2.05, 4.69) is 10.5 Å². The molecule has 0 saturated carbocycles. The van der Waals surface area contributed by atoms with Crippen LogP contribution < -0.4 is 5.48 Å². The zero-order valence-corrected chi connectivity index (χ0v) is 15.9. The highest BCUT2D eigenvalue weighted by atomic mass is 16.8. The van der Waals surface area contributed by atoms with Crippen molar-refractivity contribution in [1.29, 1.82) is 0 Å². The van der Waals surface area contributed by atoms with E-state index in [1.165, 1.54) is 6.08 Å². The van der Waals surface area contributed by atoms with Crippen molar-refractivity contribution in [1.82, 2.24) is 10.5 Å². The van der Waals surface area contributed by atoms with Crippen LogP contribution >= 0.6 is 0 Å². The van der Waals surface area contributed by atoms with Crippen LogP contribution in [0.5, 0.6) is 0 Å². The number of H-pyrrole nitrogens is 1. The maximum Gasteiger partial charge on any atom is 0.267 e. The van der Waals surface area contributed by atoms with Gasteiger partial charge in [0, 0.05) is 35.6 Å². The number of carbonyl (C=O) groups excluding carboxylic acids is 2. The third kappa shape index (κ3) is 4.80. The van der Waals surface area contributed by atoms with Crippen molar-refractivity contribution in [3.8, 4) is 0 Å². The summed E-state index contributed by atoms with van der Waals surface area (Å²) >= 11 is 0. The van der Waals surface area contributed by atoms with Gasteiger partial charge in [-0.1, -0.05) is 42.5 Å². The Labute approximate surface area is 168 Å². The van der Waals surface area contributed by atoms with Crippen molar-refractivity contribution >= 4 is 28.7 Å². The summed E-state index contributed by atoms with van der Waals surface area (Å²) in [5.74, 6) is -0.437. The summed E-state index contributed by atoms with van der Waals surface area (Å²) in [6.45, 7) is 0.653. The smallest absolute Gasteiger partial charge is 0.267 e. The number of rotatable bonds is 6. The van der Waals surface area contributed by atoms with E-state index in [1.54, 1.807) is 30.3 Å². The summed E-state index contributed by atoms with van der Waals surface area (Å²) in [6.07, 6.45) is 5.49. The summed E-state index contributed by atoms with van der Waals surface area (Å²) in [4.78, 5) is 32.9. The number of hydrogen-bond donors (Lipinski definition) is 2. The van der Waals surface area contributed by atoms with Crippen LogP contribution in [0, 0.1) is 0 Å². The first kappa shape index (κ1) is 19.1. The Kier molecular flexibility index (Phi) is 5.84. The van der Waals surface area contributed by atoms with Crippen LogP contribution in [0.25, 0.3) is 17.0 Å². The minimum Gasteiger partial charge on any atom is -0.352 e. The Morgan fingerprint density at radius 1 is 1.10 bits per heavy atom. The second-order valence-electron chi connectivity index (χ2n) is 6.94. The third-order valence-corrected chi connectivity index (χ3v) is 4.80. The minimum atomic E-state index is -0.379. The number of fused-ring (bicyclic) bond motifs is 1. The predicted octanol–water partition coefficient (Wildman–Crippen LogP) is 3.99. The number of hydrogen-bond acceptors (Lipinski definition) is 4. The van der Waals surface area contributed by atoms with Crippen molar-refractivity contribution in [3.63, 3.8) is 0 Å². The molecule has 6 heteroatoms. The molecule has 2 N–H and O–H groups in total. The van der Waals surface area contributed by atoms with E-state index in [-0.39, 0.29) is 18.0 Å². The number of benzene rings is 2. The van der Waals surface area contributed by atoms with E-state index >= 15 is 0 Å². The molecule has 2 aromatic carbocycles. The van der Waals surface area contributed by atoms with Gasteiger partial charge in [-0.2, -0.15) is 0 Å². The average Bonchev–Trinajstić information content (AvgIpc) is 3.21. The topological polar surface area (TPSA) is 80.4 Å². The first-order chi connectivity index (χ1) is 14.2. The second-order valence-corrected chi connectivity index (χ2v) is 6.94. The highest BCUT2D eigenvalue weighted by Gasteiger charge is 2.15. The van der Waals surface area contributed by atoms with Gasteiger partial charge in [-0.25, -0.2) is 10.3 Å². The Balaban J connectivity index is 1.35. The van der Waals surface area contributed by atoms with Crippen molar-refractivity contribution in [3.05, 3.63) is 77.5 Å². The fraction of sp³-hybridized carbons (Fsp3) is 0.217. The maximum atomic E-state index is 12.7. The van der Waals surface area contributed by atoms with Crippen LogP contribution in [0.15, 0.2) is 60.7 Å². The predicted molar refractivity (Wildman–Crippen MR) is 110 cm³/mol. The Morgan fingerprint density at radius 3 is 2.69 bits per heavy atom. The lowest BCUT2D eigenvalue weighted by molar-refractivity contribution is -0.198. The maximum absolute atomic E-state index is 12.7. The van der Waals surface area contributed by atoms with Gasteiger partial charge >= 0.3 is 0 Å². The van der Waals surface area contributed by atoms with Gasteiger partial charge in [0.25, 0.3) is 5.91 Å². The molecule has 29 heavy (non-hydrogen) atoms. The highest BCUT2D eigenvalue weighted by molar-refractivity contribution is 6.10. The largest absolute Gasteiger partial charge is 0.352 e. The number of ether oxygens (including phenoxy) is 1. The summed E-state index contributed by atoms with van der Waals surface area (Å²) in [6, 6.07) is 16.7. The SMILES string of the molecule is O=C(/C=C/c1ccc(C(=O)c2cc3ccccc3[nH]2)cc1)NOC1CCCCO1. The van der Waals surface area contributed by atoms with Gasteiger partial charge < -0.3 is 9.72 Å². The number of hydroxylamine groups is 1. The number of ketones is 1. The van der Waals surface area contributed by atoms with Crippen molar-refractivity contribution < 1.29 is 19.2 Å². The van der Waals surface area contributed by atoms with E-state index in [0.29, 0.717) is 17.9 Å². The molecule has 4 rings (SSSR count). The van der Waals surface area contributed by atoms with E-state index in [9.17, 15) is 9.59 Å². The third-order valence-electron chi connectivity index (χ3n) is 4.80. The van der Waals surface area contributed by atoms with Crippen LogP contribution in [0.2, 0.25) is 0 Å². The molecule has 6 nitrogen and oxygen atoms in total. The van der Waals surface area contributed by atoms with Crippen LogP contribution in [0.4, 0.5) is 0 Å². The summed E-state index contributed by atoms with van der Waals surface area (Å²) in [7, 11) is 0. The fourth-order valence-electron chi connectivity index (χ4n) is 3.23. The number of aromatic nitrogens is 1. The fourth-order valence-corrected chi connectivity index (χ4v) is 3.23. The molecular formula is C23H22N2O4. The van der Waals surface area contributed by atoms with Gasteiger partial charge in [0.05, 0.1) is 5.69 Å². The summed E-state index contributed by atoms with van der Waals surface area (Å²) in [5, 5.41) is 1.00. The summed E-state index contributed by atoms with van der Waals surface area (Å²) < 4.78 is 5.39. The average molecular weight is 390 g/mol. The Bertz CT molecular complexity index is 997. The number of nitrogens with one attached hydrogen (secondary N) is 2. The molecule has 1 fully saturated rings. The van der Waals surface area contributed by atoms with Crippen molar-refractivity contribution in [2.45, 2.75) is 25.6 Å². The van der Waals surface area contributed by atoms with E-state index in [4.69, 9.17) is 9.57 Å². The molecule has 1 unspecified atom stereocenters. The Morgan fingerprint density at radius 2 is 1.93 bits per heavy atom. The van der Waals surface area contributed by atoms with Crippen molar-refractivity contribution in [2.24, 2.45) is 0 Å². The first-order valence-electron chi connectivity index (χ1n) is 9.67. The molecule has 3 aromatic rings. The van der Waals surface area contributed by atoms with E-state index in [0.717, 1.165) is 35.7 Å². The lowest BCUT2D eigenvalue weighted by atomic mass is 10.1. The zero-order chi connectivity index (χ0) is 20.1. The molecule has 0 radical (unpaired) electrons. The number of aromatic amines is 1. The number of para-hydroxylation sites is 1. The van der Waals surface area contributed by atoms with Gasteiger partial charge in [-0.15, -0.1) is 0 Å². The first-order valence-corrected chi connectivity index (χ1v) is 9.67.